The second-order valence-electron chi connectivity index (χ2n) is 5.35. The van der Waals surface area contributed by atoms with Crippen LogP contribution in [-0.4, -0.2) is 42.4 Å². The van der Waals surface area contributed by atoms with Gasteiger partial charge in [0.05, 0.1) is 18.1 Å². The normalized spacial score (nSPS) is 27.8. The molecule has 0 bridgehead atoms. The van der Waals surface area contributed by atoms with Gasteiger partial charge in [-0.2, -0.15) is 0 Å². The summed E-state index contributed by atoms with van der Waals surface area (Å²) >= 11 is 0. The topological polar surface area (TPSA) is 87.7 Å². The molecule has 1 aliphatic carbocycles. The van der Waals surface area contributed by atoms with Crippen LogP contribution >= 0.6 is 0 Å². The zero-order valence-corrected chi connectivity index (χ0v) is 11.9. The number of nitrogens with one attached hydrogen (secondary N) is 2. The van der Waals surface area contributed by atoms with Gasteiger partial charge in [0.15, 0.2) is 0 Å². The summed E-state index contributed by atoms with van der Waals surface area (Å²) in [6, 6.07) is -0.742. The molecule has 3 atom stereocenters. The Hall–Kier alpha value is -1.30. The van der Waals surface area contributed by atoms with Gasteiger partial charge in [-0.3, -0.25) is 4.79 Å². The van der Waals surface area contributed by atoms with Crippen molar-refractivity contribution in [1.29, 1.82) is 0 Å². The third-order valence-electron chi connectivity index (χ3n) is 3.70. The number of hydrogen-bond donors (Lipinski definition) is 3. The first-order valence-electron chi connectivity index (χ1n) is 6.78. The SMILES string of the molecule is CCOCC(C)NC(=O)NC1CCCC1(C)C(=O)O. The van der Waals surface area contributed by atoms with Gasteiger partial charge in [-0.25, -0.2) is 4.79 Å². The van der Waals surface area contributed by atoms with E-state index in [0.717, 1.165) is 6.42 Å². The van der Waals surface area contributed by atoms with Crippen molar-refractivity contribution >= 4 is 12.0 Å². The number of carbonyl (C=O) groups is 2. The number of amides is 2. The summed E-state index contributed by atoms with van der Waals surface area (Å²) in [5.74, 6) is -0.849. The van der Waals surface area contributed by atoms with Crippen molar-refractivity contribution in [2.24, 2.45) is 5.41 Å². The molecule has 3 unspecified atom stereocenters. The van der Waals surface area contributed by atoms with Crippen LogP contribution in [0.15, 0.2) is 0 Å². The monoisotopic (exact) mass is 272 g/mol. The van der Waals surface area contributed by atoms with Crippen LogP contribution in [0.1, 0.15) is 40.0 Å². The summed E-state index contributed by atoms with van der Waals surface area (Å²) in [5, 5.41) is 14.8. The van der Waals surface area contributed by atoms with E-state index in [1.165, 1.54) is 0 Å². The third-order valence-corrected chi connectivity index (χ3v) is 3.70. The Kier molecular flexibility index (Phi) is 5.60. The van der Waals surface area contributed by atoms with Crippen molar-refractivity contribution in [2.75, 3.05) is 13.2 Å². The van der Waals surface area contributed by atoms with Crippen molar-refractivity contribution < 1.29 is 19.4 Å². The minimum atomic E-state index is -0.861. The van der Waals surface area contributed by atoms with E-state index in [4.69, 9.17) is 4.74 Å². The molecule has 6 heteroatoms. The number of hydrogen-bond acceptors (Lipinski definition) is 3. The lowest BCUT2D eigenvalue weighted by Crippen LogP contribution is -2.52. The average molecular weight is 272 g/mol. The molecule has 0 heterocycles. The van der Waals surface area contributed by atoms with E-state index in [9.17, 15) is 14.7 Å². The van der Waals surface area contributed by atoms with Crippen molar-refractivity contribution in [1.82, 2.24) is 10.6 Å². The van der Waals surface area contributed by atoms with Crippen LogP contribution in [0.5, 0.6) is 0 Å². The van der Waals surface area contributed by atoms with Crippen LogP contribution in [0.25, 0.3) is 0 Å². The number of carbonyl (C=O) groups excluding carboxylic acids is 1. The molecule has 1 fully saturated rings. The van der Waals surface area contributed by atoms with Crippen LogP contribution in [0, 0.1) is 5.41 Å². The maximum atomic E-state index is 11.8. The van der Waals surface area contributed by atoms with Gasteiger partial charge in [-0.05, 0) is 33.6 Å². The minimum Gasteiger partial charge on any atom is -0.481 e. The molecule has 0 aromatic rings. The first kappa shape index (κ1) is 15.8. The highest BCUT2D eigenvalue weighted by Crippen LogP contribution is 2.38. The largest absolute Gasteiger partial charge is 0.481 e. The average Bonchev–Trinajstić information content (AvgIpc) is 2.69. The van der Waals surface area contributed by atoms with Crippen LogP contribution in [0.2, 0.25) is 0 Å². The van der Waals surface area contributed by atoms with Gasteiger partial charge in [0, 0.05) is 12.6 Å². The maximum absolute atomic E-state index is 11.8. The molecule has 3 N–H and O–H groups in total. The van der Waals surface area contributed by atoms with Gasteiger partial charge in [0.2, 0.25) is 0 Å². The van der Waals surface area contributed by atoms with Gasteiger partial charge in [0.25, 0.3) is 0 Å². The van der Waals surface area contributed by atoms with E-state index >= 15 is 0 Å². The molecule has 0 saturated heterocycles. The quantitative estimate of drug-likeness (QED) is 0.681. The zero-order chi connectivity index (χ0) is 14.5. The Morgan fingerprint density at radius 2 is 2.21 bits per heavy atom. The predicted molar refractivity (Wildman–Crippen MR) is 71.0 cm³/mol. The standard InChI is InChI=1S/C13H24N2O4/c1-4-19-8-9(2)14-12(18)15-10-6-5-7-13(10,3)11(16)17/h9-10H,4-8H2,1-3H3,(H,16,17)(H2,14,15,18). The molecule has 0 radical (unpaired) electrons. The summed E-state index contributed by atoms with van der Waals surface area (Å²) in [5.41, 5.74) is -0.861. The molecule has 1 saturated carbocycles. The molecule has 0 aliphatic heterocycles. The molecule has 2 amide bonds. The van der Waals surface area contributed by atoms with Gasteiger partial charge in [-0.15, -0.1) is 0 Å². The van der Waals surface area contributed by atoms with E-state index in [-0.39, 0.29) is 18.1 Å². The Labute approximate surface area is 113 Å². The van der Waals surface area contributed by atoms with Gasteiger partial charge in [0.1, 0.15) is 0 Å². The predicted octanol–water partition coefficient (Wildman–Crippen LogP) is 1.35. The lowest BCUT2D eigenvalue weighted by Gasteiger charge is -2.28. The molecule has 0 aromatic carbocycles. The molecule has 1 aliphatic rings. The van der Waals surface area contributed by atoms with E-state index in [1.54, 1.807) is 6.92 Å². The molecule has 110 valence electrons. The Morgan fingerprint density at radius 1 is 1.53 bits per heavy atom. The van der Waals surface area contributed by atoms with E-state index in [1.807, 2.05) is 13.8 Å². The van der Waals surface area contributed by atoms with Crippen LogP contribution in [0.3, 0.4) is 0 Å². The van der Waals surface area contributed by atoms with Gasteiger partial charge >= 0.3 is 12.0 Å². The number of urea groups is 1. The first-order valence-corrected chi connectivity index (χ1v) is 6.78. The fraction of sp³-hybridized carbons (Fsp3) is 0.846. The number of carboxylic acids is 1. The van der Waals surface area contributed by atoms with Crippen molar-refractivity contribution in [3.8, 4) is 0 Å². The minimum absolute atomic E-state index is 0.0996. The van der Waals surface area contributed by atoms with E-state index in [0.29, 0.717) is 26.1 Å². The summed E-state index contributed by atoms with van der Waals surface area (Å²) in [7, 11) is 0. The highest BCUT2D eigenvalue weighted by molar-refractivity contribution is 5.79. The summed E-state index contributed by atoms with van der Waals surface area (Å²) in [6.45, 7) is 6.49. The van der Waals surface area contributed by atoms with Crippen LogP contribution < -0.4 is 10.6 Å². The molecule has 1 rings (SSSR count). The molecule has 19 heavy (non-hydrogen) atoms. The van der Waals surface area contributed by atoms with Gasteiger partial charge < -0.3 is 20.5 Å². The zero-order valence-electron chi connectivity index (χ0n) is 11.9. The summed E-state index contributed by atoms with van der Waals surface area (Å²) in [4.78, 5) is 23.1. The molecular weight excluding hydrogens is 248 g/mol. The van der Waals surface area contributed by atoms with Crippen LogP contribution in [0.4, 0.5) is 4.79 Å². The van der Waals surface area contributed by atoms with E-state index in [2.05, 4.69) is 10.6 Å². The number of carboxylic acid groups (broad SMARTS) is 1. The van der Waals surface area contributed by atoms with Crippen molar-refractivity contribution in [3.05, 3.63) is 0 Å². The second kappa shape index (κ2) is 6.75. The fourth-order valence-corrected chi connectivity index (χ4v) is 2.41. The Bertz CT molecular complexity index is 335. The lowest BCUT2D eigenvalue weighted by atomic mass is 9.85. The second-order valence-corrected chi connectivity index (χ2v) is 5.35. The first-order chi connectivity index (χ1) is 8.90. The van der Waals surface area contributed by atoms with Crippen LogP contribution in [-0.2, 0) is 9.53 Å². The van der Waals surface area contributed by atoms with Gasteiger partial charge in [-0.1, -0.05) is 6.42 Å². The van der Waals surface area contributed by atoms with E-state index < -0.39 is 11.4 Å². The Balaban J connectivity index is 2.46. The Morgan fingerprint density at radius 3 is 2.79 bits per heavy atom. The van der Waals surface area contributed by atoms with Crippen molar-refractivity contribution in [3.63, 3.8) is 0 Å². The van der Waals surface area contributed by atoms with Crippen molar-refractivity contribution in [2.45, 2.75) is 52.1 Å². The molecular formula is C13H24N2O4. The molecule has 0 spiro atoms. The number of rotatable bonds is 6. The fourth-order valence-electron chi connectivity index (χ4n) is 2.41. The smallest absolute Gasteiger partial charge is 0.315 e. The number of aliphatic carboxylic acids is 1. The third kappa shape index (κ3) is 4.09. The highest BCUT2D eigenvalue weighted by atomic mass is 16.5. The summed E-state index contributed by atoms with van der Waals surface area (Å²) < 4.78 is 5.21. The maximum Gasteiger partial charge on any atom is 0.315 e. The summed E-state index contributed by atoms with van der Waals surface area (Å²) in [6.07, 6.45) is 2.13. The highest BCUT2D eigenvalue weighted by Gasteiger charge is 2.45. The molecule has 0 aromatic heterocycles. The number of ether oxygens (including phenoxy) is 1. The molecule has 6 nitrogen and oxygen atoms in total. The lowest BCUT2D eigenvalue weighted by molar-refractivity contribution is -0.148.